The van der Waals surface area contributed by atoms with Crippen LogP contribution < -0.4 is 5.32 Å². The van der Waals surface area contributed by atoms with Crippen LogP contribution in [0, 0.1) is 6.92 Å². The number of hydrogen-bond donors (Lipinski definition) is 2. The molecule has 0 aliphatic carbocycles. The number of hydrogen-bond acceptors (Lipinski definition) is 2. The Bertz CT molecular complexity index is 543. The number of fused-ring (bicyclic) bond motifs is 1. The maximum atomic E-state index is 10.4. The summed E-state index contributed by atoms with van der Waals surface area (Å²) in [5.74, 6) is 0.918. The van der Waals surface area contributed by atoms with Crippen molar-refractivity contribution in [2.24, 2.45) is 0 Å². The molecule has 0 saturated heterocycles. The van der Waals surface area contributed by atoms with Gasteiger partial charge in [0.25, 0.3) is 0 Å². The Kier molecular flexibility index (Phi) is 2.88. The van der Waals surface area contributed by atoms with Crippen molar-refractivity contribution >= 4 is 17.4 Å². The summed E-state index contributed by atoms with van der Waals surface area (Å²) in [7, 11) is 0. The molecule has 1 aromatic carbocycles. The minimum atomic E-state index is -0.0892. The minimum absolute atomic E-state index is 0.0892. The Morgan fingerprint density at radius 1 is 1.47 bits per heavy atom. The van der Waals surface area contributed by atoms with Gasteiger partial charge in [-0.25, -0.2) is 4.98 Å². The standard InChI is InChI=1S/C13H17N3O/c1-9-15-11-5-4-10(6-12(11)16-9)13(2,3)7-14-8-17/h4-6,8H,7H2,1-3H3,(H,14,17)(H,15,16). The average molecular weight is 231 g/mol. The Morgan fingerprint density at radius 3 is 2.94 bits per heavy atom. The highest BCUT2D eigenvalue weighted by Gasteiger charge is 2.20. The molecule has 0 aliphatic heterocycles. The number of rotatable bonds is 4. The van der Waals surface area contributed by atoms with E-state index in [0.717, 1.165) is 23.3 Å². The Hall–Kier alpha value is -1.84. The molecule has 1 heterocycles. The number of carbonyl (C=O) groups is 1. The van der Waals surface area contributed by atoms with Gasteiger partial charge in [-0.3, -0.25) is 4.79 Å². The lowest BCUT2D eigenvalue weighted by molar-refractivity contribution is -0.109. The molecular formula is C13H17N3O. The molecule has 0 fully saturated rings. The van der Waals surface area contributed by atoms with E-state index in [9.17, 15) is 4.79 Å². The van der Waals surface area contributed by atoms with Gasteiger partial charge in [-0.1, -0.05) is 19.9 Å². The fourth-order valence-electron chi connectivity index (χ4n) is 1.96. The maximum Gasteiger partial charge on any atom is 0.207 e. The van der Waals surface area contributed by atoms with Gasteiger partial charge in [0, 0.05) is 12.0 Å². The van der Waals surface area contributed by atoms with Crippen molar-refractivity contribution in [3.05, 3.63) is 29.6 Å². The lowest BCUT2D eigenvalue weighted by Crippen LogP contribution is -2.32. The van der Waals surface area contributed by atoms with E-state index in [2.05, 4.69) is 41.3 Å². The molecule has 0 atom stereocenters. The van der Waals surface area contributed by atoms with E-state index in [1.54, 1.807) is 0 Å². The van der Waals surface area contributed by atoms with Crippen molar-refractivity contribution in [1.29, 1.82) is 0 Å². The highest BCUT2D eigenvalue weighted by molar-refractivity contribution is 5.76. The molecule has 0 saturated carbocycles. The van der Waals surface area contributed by atoms with Crippen LogP contribution in [0.15, 0.2) is 18.2 Å². The summed E-state index contributed by atoms with van der Waals surface area (Å²) in [5, 5.41) is 2.73. The summed E-state index contributed by atoms with van der Waals surface area (Å²) in [6.45, 7) is 6.77. The van der Waals surface area contributed by atoms with Crippen molar-refractivity contribution in [2.75, 3.05) is 6.54 Å². The largest absolute Gasteiger partial charge is 0.358 e. The Labute approximate surface area is 100 Å². The third-order valence-corrected chi connectivity index (χ3v) is 3.01. The maximum absolute atomic E-state index is 10.4. The first-order valence-corrected chi connectivity index (χ1v) is 5.67. The Morgan fingerprint density at radius 2 is 2.24 bits per heavy atom. The molecule has 4 heteroatoms. The number of amides is 1. The first kappa shape index (κ1) is 11.6. The van der Waals surface area contributed by atoms with Gasteiger partial charge in [0.2, 0.25) is 6.41 Å². The number of aryl methyl sites for hydroxylation is 1. The van der Waals surface area contributed by atoms with Crippen LogP contribution in [0.5, 0.6) is 0 Å². The second-order valence-corrected chi connectivity index (χ2v) is 4.94. The number of imidazole rings is 1. The quantitative estimate of drug-likeness (QED) is 0.789. The summed E-state index contributed by atoms with van der Waals surface area (Å²) >= 11 is 0. The molecule has 1 aromatic heterocycles. The monoisotopic (exact) mass is 231 g/mol. The van der Waals surface area contributed by atoms with Crippen molar-refractivity contribution < 1.29 is 4.79 Å². The van der Waals surface area contributed by atoms with Gasteiger partial charge in [-0.2, -0.15) is 0 Å². The number of benzene rings is 1. The minimum Gasteiger partial charge on any atom is -0.358 e. The molecule has 0 unspecified atom stereocenters. The van der Waals surface area contributed by atoms with E-state index in [1.807, 2.05) is 13.0 Å². The van der Waals surface area contributed by atoms with Crippen molar-refractivity contribution in [3.63, 3.8) is 0 Å². The number of nitrogens with one attached hydrogen (secondary N) is 2. The summed E-state index contributed by atoms with van der Waals surface area (Å²) in [5.41, 5.74) is 3.11. The topological polar surface area (TPSA) is 57.8 Å². The number of H-pyrrole nitrogens is 1. The van der Waals surface area contributed by atoms with Crippen LogP contribution in [-0.2, 0) is 10.2 Å². The molecule has 2 rings (SSSR count). The summed E-state index contributed by atoms with van der Waals surface area (Å²) in [6, 6.07) is 6.17. The lowest BCUT2D eigenvalue weighted by atomic mass is 9.84. The van der Waals surface area contributed by atoms with Crippen LogP contribution in [0.3, 0.4) is 0 Å². The number of aromatic nitrogens is 2. The highest BCUT2D eigenvalue weighted by Crippen LogP contribution is 2.25. The average Bonchev–Trinajstić information content (AvgIpc) is 2.65. The van der Waals surface area contributed by atoms with Gasteiger partial charge in [0.1, 0.15) is 5.82 Å². The molecule has 1 amide bonds. The number of nitrogens with zero attached hydrogens (tertiary/aromatic N) is 1. The summed E-state index contributed by atoms with van der Waals surface area (Å²) in [4.78, 5) is 18.0. The molecule has 0 spiro atoms. The SMILES string of the molecule is Cc1nc2ccc(C(C)(C)CNC=O)cc2[nH]1. The van der Waals surface area contributed by atoms with E-state index < -0.39 is 0 Å². The van der Waals surface area contributed by atoms with Gasteiger partial charge in [0.15, 0.2) is 0 Å². The van der Waals surface area contributed by atoms with E-state index in [4.69, 9.17) is 0 Å². The van der Waals surface area contributed by atoms with Crippen LogP contribution in [0.1, 0.15) is 25.2 Å². The van der Waals surface area contributed by atoms with Gasteiger partial charge in [0.05, 0.1) is 11.0 Å². The van der Waals surface area contributed by atoms with E-state index in [1.165, 1.54) is 5.56 Å². The molecule has 0 radical (unpaired) electrons. The molecule has 90 valence electrons. The summed E-state index contributed by atoms with van der Waals surface area (Å²) in [6.07, 6.45) is 0.737. The highest BCUT2D eigenvalue weighted by atomic mass is 16.1. The van der Waals surface area contributed by atoms with Gasteiger partial charge in [-0.05, 0) is 24.6 Å². The second-order valence-electron chi connectivity index (χ2n) is 4.94. The van der Waals surface area contributed by atoms with Gasteiger partial charge in [-0.15, -0.1) is 0 Å². The van der Waals surface area contributed by atoms with E-state index in [0.29, 0.717) is 6.54 Å². The van der Waals surface area contributed by atoms with Crippen LogP contribution in [0.2, 0.25) is 0 Å². The predicted molar refractivity (Wildman–Crippen MR) is 67.9 cm³/mol. The third-order valence-electron chi connectivity index (χ3n) is 3.01. The van der Waals surface area contributed by atoms with Crippen LogP contribution >= 0.6 is 0 Å². The molecule has 0 bridgehead atoms. The summed E-state index contributed by atoms with van der Waals surface area (Å²) < 4.78 is 0. The fourth-order valence-corrected chi connectivity index (χ4v) is 1.96. The molecule has 2 N–H and O–H groups in total. The predicted octanol–water partition coefficient (Wildman–Crippen LogP) is 1.89. The zero-order chi connectivity index (χ0) is 12.5. The molecular weight excluding hydrogens is 214 g/mol. The third kappa shape index (κ3) is 2.30. The Balaban J connectivity index is 2.37. The van der Waals surface area contributed by atoms with Gasteiger partial charge >= 0.3 is 0 Å². The van der Waals surface area contributed by atoms with E-state index >= 15 is 0 Å². The van der Waals surface area contributed by atoms with Crippen molar-refractivity contribution in [3.8, 4) is 0 Å². The van der Waals surface area contributed by atoms with Crippen LogP contribution in [-0.4, -0.2) is 22.9 Å². The zero-order valence-electron chi connectivity index (χ0n) is 10.4. The fraction of sp³-hybridized carbons (Fsp3) is 0.385. The van der Waals surface area contributed by atoms with Crippen LogP contribution in [0.25, 0.3) is 11.0 Å². The van der Waals surface area contributed by atoms with Crippen LogP contribution in [0.4, 0.5) is 0 Å². The molecule has 2 aromatic rings. The molecule has 4 nitrogen and oxygen atoms in total. The second kappa shape index (κ2) is 4.20. The lowest BCUT2D eigenvalue weighted by Gasteiger charge is -2.24. The molecule has 17 heavy (non-hydrogen) atoms. The first-order valence-electron chi connectivity index (χ1n) is 5.67. The van der Waals surface area contributed by atoms with Crippen molar-refractivity contribution in [1.82, 2.24) is 15.3 Å². The van der Waals surface area contributed by atoms with Crippen molar-refractivity contribution in [2.45, 2.75) is 26.2 Å². The zero-order valence-corrected chi connectivity index (χ0v) is 10.4. The first-order chi connectivity index (χ1) is 8.03. The van der Waals surface area contributed by atoms with Gasteiger partial charge < -0.3 is 10.3 Å². The molecule has 0 aliphatic rings. The normalized spacial score (nSPS) is 11.7. The number of aromatic amines is 1. The van der Waals surface area contributed by atoms with E-state index in [-0.39, 0.29) is 5.41 Å². The smallest absolute Gasteiger partial charge is 0.207 e. The number of carbonyl (C=O) groups excluding carboxylic acids is 1.